The minimum Gasteiger partial charge on any atom is -0.453 e. The molecule has 0 saturated carbocycles. The summed E-state index contributed by atoms with van der Waals surface area (Å²) in [5.74, 6) is 0. The predicted octanol–water partition coefficient (Wildman–Crippen LogP) is 2.24. The number of nitrogen functional groups attached to an aromatic ring is 1. The summed E-state index contributed by atoms with van der Waals surface area (Å²) in [5, 5.41) is 7.47. The van der Waals surface area contributed by atoms with E-state index in [4.69, 9.17) is 5.73 Å². The number of carbonyl (C=O) groups is 1. The number of nitroso groups, excluding NO2 is 2. The fourth-order valence-corrected chi connectivity index (χ4v) is 1.02. The normalized spacial score (nSPS) is 9.31. The van der Waals surface area contributed by atoms with E-state index in [2.05, 4.69) is 20.4 Å². The number of anilines is 2. The summed E-state index contributed by atoms with van der Waals surface area (Å²) in [6.07, 6.45) is -0.751. The molecule has 0 bridgehead atoms. The highest BCUT2D eigenvalue weighted by Crippen LogP contribution is 2.35. The van der Waals surface area contributed by atoms with Gasteiger partial charge in [-0.1, -0.05) is 0 Å². The second-order valence-electron chi connectivity index (χ2n) is 2.73. The van der Waals surface area contributed by atoms with Gasteiger partial charge in [0.25, 0.3) is 0 Å². The summed E-state index contributed by atoms with van der Waals surface area (Å²) in [6.45, 7) is 0. The quantitative estimate of drug-likeness (QED) is 0.601. The Hall–Kier alpha value is -2.51. The van der Waals surface area contributed by atoms with E-state index in [1.54, 1.807) is 0 Å². The first-order chi connectivity index (χ1) is 7.62. The summed E-state index contributed by atoms with van der Waals surface area (Å²) < 4.78 is 4.33. The molecule has 16 heavy (non-hydrogen) atoms. The lowest BCUT2D eigenvalue weighted by atomic mass is 10.2. The fraction of sp³-hybridized carbons (Fsp3) is 0.125. The molecule has 1 rings (SSSR count). The fourth-order valence-electron chi connectivity index (χ4n) is 1.02. The van der Waals surface area contributed by atoms with Crippen LogP contribution >= 0.6 is 0 Å². The minimum atomic E-state index is -0.751. The number of hydrogen-bond donors (Lipinski definition) is 2. The second-order valence-corrected chi connectivity index (χ2v) is 2.73. The van der Waals surface area contributed by atoms with E-state index < -0.39 is 6.09 Å². The van der Waals surface area contributed by atoms with Gasteiger partial charge in [-0.2, -0.15) is 0 Å². The SMILES string of the molecule is COC(=O)Nc1cc(N=O)c(N)c(N=O)c1. The van der Waals surface area contributed by atoms with E-state index in [0.29, 0.717) is 0 Å². The van der Waals surface area contributed by atoms with Crippen molar-refractivity contribution >= 4 is 28.8 Å². The van der Waals surface area contributed by atoms with Crippen LogP contribution < -0.4 is 11.1 Å². The lowest BCUT2D eigenvalue weighted by Gasteiger charge is -2.06. The van der Waals surface area contributed by atoms with Crippen LogP contribution in [0.1, 0.15) is 0 Å². The van der Waals surface area contributed by atoms with Gasteiger partial charge in [0.2, 0.25) is 0 Å². The van der Waals surface area contributed by atoms with Crippen molar-refractivity contribution < 1.29 is 9.53 Å². The first-order valence-electron chi connectivity index (χ1n) is 4.07. The highest BCUT2D eigenvalue weighted by Gasteiger charge is 2.11. The predicted molar refractivity (Wildman–Crippen MR) is 57.8 cm³/mol. The summed E-state index contributed by atoms with van der Waals surface area (Å²) in [7, 11) is 1.17. The molecule has 0 aliphatic carbocycles. The molecule has 0 unspecified atom stereocenters. The number of ether oxygens (including phenoxy) is 1. The van der Waals surface area contributed by atoms with E-state index in [1.165, 1.54) is 19.2 Å². The Morgan fingerprint density at radius 1 is 1.31 bits per heavy atom. The number of hydrogen-bond acceptors (Lipinski definition) is 7. The Labute approximate surface area is 89.7 Å². The summed E-state index contributed by atoms with van der Waals surface area (Å²) in [4.78, 5) is 31.7. The molecule has 8 heteroatoms. The number of amides is 1. The van der Waals surface area contributed by atoms with Crippen molar-refractivity contribution in [3.05, 3.63) is 21.9 Å². The van der Waals surface area contributed by atoms with Gasteiger partial charge in [0, 0.05) is 5.69 Å². The van der Waals surface area contributed by atoms with Gasteiger partial charge in [0.15, 0.2) is 0 Å². The zero-order valence-electron chi connectivity index (χ0n) is 8.26. The molecule has 0 saturated heterocycles. The van der Waals surface area contributed by atoms with E-state index in [0.717, 1.165) is 0 Å². The average Bonchev–Trinajstić information content (AvgIpc) is 2.30. The number of benzene rings is 1. The van der Waals surface area contributed by atoms with Crippen LogP contribution in [0.2, 0.25) is 0 Å². The molecule has 1 amide bonds. The maximum absolute atomic E-state index is 10.9. The van der Waals surface area contributed by atoms with E-state index in [1.807, 2.05) is 0 Å². The molecule has 84 valence electrons. The van der Waals surface area contributed by atoms with Crippen molar-refractivity contribution in [2.75, 3.05) is 18.2 Å². The van der Waals surface area contributed by atoms with Crippen LogP contribution in [0.3, 0.4) is 0 Å². The third-order valence-corrected chi connectivity index (χ3v) is 1.76. The molecule has 0 aliphatic heterocycles. The van der Waals surface area contributed by atoms with Crippen molar-refractivity contribution in [3.8, 4) is 0 Å². The highest BCUT2D eigenvalue weighted by molar-refractivity contribution is 5.89. The molecule has 0 fully saturated rings. The monoisotopic (exact) mass is 224 g/mol. The van der Waals surface area contributed by atoms with Gasteiger partial charge >= 0.3 is 6.09 Å². The molecular formula is C8H8N4O4. The third-order valence-electron chi connectivity index (χ3n) is 1.76. The summed E-state index contributed by atoms with van der Waals surface area (Å²) in [5.41, 5.74) is 5.06. The number of nitrogens with zero attached hydrogens (tertiary/aromatic N) is 2. The van der Waals surface area contributed by atoms with Crippen LogP contribution in [0.25, 0.3) is 0 Å². The van der Waals surface area contributed by atoms with Gasteiger partial charge in [-0.15, -0.1) is 9.81 Å². The van der Waals surface area contributed by atoms with Crippen molar-refractivity contribution in [1.82, 2.24) is 0 Å². The van der Waals surface area contributed by atoms with Gasteiger partial charge in [-0.05, 0) is 22.5 Å². The Morgan fingerprint density at radius 3 is 2.19 bits per heavy atom. The zero-order chi connectivity index (χ0) is 12.1. The molecule has 1 aromatic carbocycles. The van der Waals surface area contributed by atoms with Crippen molar-refractivity contribution in [2.24, 2.45) is 10.4 Å². The first-order valence-corrected chi connectivity index (χ1v) is 4.07. The van der Waals surface area contributed by atoms with Gasteiger partial charge in [-0.3, -0.25) is 5.32 Å². The molecule has 0 atom stereocenters. The molecule has 3 N–H and O–H groups in total. The van der Waals surface area contributed by atoms with Crippen LogP contribution in [0.15, 0.2) is 22.5 Å². The molecular weight excluding hydrogens is 216 g/mol. The minimum absolute atomic E-state index is 0.139. The zero-order valence-corrected chi connectivity index (χ0v) is 8.26. The molecule has 0 radical (unpaired) electrons. The largest absolute Gasteiger partial charge is 0.453 e. The molecule has 0 spiro atoms. The molecule has 0 aliphatic rings. The van der Waals surface area contributed by atoms with Crippen molar-refractivity contribution in [2.45, 2.75) is 0 Å². The Bertz CT molecular complexity index is 417. The standard InChI is InChI=1S/C8H8N4O4/c1-16-8(13)10-4-2-5(11-14)7(9)6(3-4)12-15/h2-3H,9H2,1H3,(H,10,13). The number of carbonyl (C=O) groups excluding carboxylic acids is 1. The van der Waals surface area contributed by atoms with Crippen molar-refractivity contribution in [3.63, 3.8) is 0 Å². The van der Waals surface area contributed by atoms with Crippen LogP contribution in [0.5, 0.6) is 0 Å². The Kier molecular flexibility index (Phi) is 3.49. The summed E-state index contributed by atoms with van der Waals surface area (Å²) in [6, 6.07) is 2.40. The average molecular weight is 224 g/mol. The van der Waals surface area contributed by atoms with Gasteiger partial charge in [0.1, 0.15) is 11.4 Å². The lowest BCUT2D eigenvalue weighted by Crippen LogP contribution is -2.10. The smallest absolute Gasteiger partial charge is 0.411 e. The second kappa shape index (κ2) is 4.82. The van der Waals surface area contributed by atoms with Crippen LogP contribution in [-0.2, 0) is 4.74 Å². The first kappa shape index (κ1) is 11.6. The van der Waals surface area contributed by atoms with Gasteiger partial charge in [0.05, 0.1) is 12.8 Å². The third kappa shape index (κ3) is 2.29. The van der Waals surface area contributed by atoms with E-state index >= 15 is 0 Å². The van der Waals surface area contributed by atoms with Crippen LogP contribution in [0, 0.1) is 9.81 Å². The lowest BCUT2D eigenvalue weighted by molar-refractivity contribution is 0.187. The Morgan fingerprint density at radius 2 is 1.81 bits per heavy atom. The highest BCUT2D eigenvalue weighted by atomic mass is 16.5. The Balaban J connectivity index is 3.16. The van der Waals surface area contributed by atoms with Crippen LogP contribution in [0.4, 0.5) is 27.5 Å². The number of nitrogens with one attached hydrogen (secondary N) is 1. The molecule has 8 nitrogen and oxygen atoms in total. The molecule has 0 heterocycles. The summed E-state index contributed by atoms with van der Waals surface area (Å²) >= 11 is 0. The van der Waals surface area contributed by atoms with Gasteiger partial charge < -0.3 is 10.5 Å². The number of methoxy groups -OCH3 is 1. The molecule has 1 aromatic rings. The topological polar surface area (TPSA) is 123 Å². The number of rotatable bonds is 3. The maximum atomic E-state index is 10.9. The van der Waals surface area contributed by atoms with Gasteiger partial charge in [-0.25, -0.2) is 4.79 Å². The van der Waals surface area contributed by atoms with E-state index in [9.17, 15) is 14.6 Å². The van der Waals surface area contributed by atoms with E-state index in [-0.39, 0.29) is 22.7 Å². The number of nitrogens with two attached hydrogens (primary N) is 1. The molecule has 0 aromatic heterocycles. The van der Waals surface area contributed by atoms with Crippen LogP contribution in [-0.4, -0.2) is 13.2 Å². The van der Waals surface area contributed by atoms with Crippen molar-refractivity contribution in [1.29, 1.82) is 0 Å². The maximum Gasteiger partial charge on any atom is 0.411 e.